The van der Waals surface area contributed by atoms with Crippen molar-refractivity contribution in [1.29, 1.82) is 0 Å². The Balaban J connectivity index is 2.51. The Bertz CT molecular complexity index is 300. The Kier molecular flexibility index (Phi) is 4.52. The molecule has 1 aromatic rings. The Morgan fingerprint density at radius 3 is 2.57 bits per heavy atom. The predicted molar refractivity (Wildman–Crippen MR) is 58.2 cm³/mol. The van der Waals surface area contributed by atoms with E-state index in [4.69, 9.17) is 32.7 Å². The van der Waals surface area contributed by atoms with Crippen LogP contribution in [0.4, 0.5) is 0 Å². The molecular weight excluding hydrogens is 223 g/mol. The summed E-state index contributed by atoms with van der Waals surface area (Å²) in [4.78, 5) is 0. The van der Waals surface area contributed by atoms with Crippen molar-refractivity contribution in [3.8, 4) is 5.75 Å². The molecule has 0 spiro atoms. The number of hydrogen-bond donors (Lipinski definition) is 0. The molecule has 1 aromatic carbocycles. The van der Waals surface area contributed by atoms with Crippen LogP contribution in [0.1, 0.15) is 13.8 Å². The molecule has 0 bridgehead atoms. The zero-order valence-electron chi connectivity index (χ0n) is 8.09. The lowest BCUT2D eigenvalue weighted by Crippen LogP contribution is -2.09. The maximum absolute atomic E-state index is 5.88. The minimum absolute atomic E-state index is 0.140. The van der Waals surface area contributed by atoms with Crippen molar-refractivity contribution in [3.63, 3.8) is 0 Å². The van der Waals surface area contributed by atoms with Gasteiger partial charge < -0.3 is 9.47 Å². The summed E-state index contributed by atoms with van der Waals surface area (Å²) in [6, 6.07) is 5.07. The molecule has 78 valence electrons. The van der Waals surface area contributed by atoms with E-state index in [-0.39, 0.29) is 12.9 Å². The number of rotatable bonds is 4. The van der Waals surface area contributed by atoms with E-state index in [0.29, 0.717) is 15.8 Å². The third-order valence-electron chi connectivity index (χ3n) is 1.51. The van der Waals surface area contributed by atoms with Crippen LogP contribution in [-0.2, 0) is 4.74 Å². The quantitative estimate of drug-likeness (QED) is 0.740. The Morgan fingerprint density at radius 1 is 1.29 bits per heavy atom. The fourth-order valence-electron chi connectivity index (χ4n) is 0.826. The van der Waals surface area contributed by atoms with Gasteiger partial charge in [0.15, 0.2) is 6.79 Å². The summed E-state index contributed by atoms with van der Waals surface area (Å²) in [7, 11) is 0. The van der Waals surface area contributed by atoms with Crippen molar-refractivity contribution in [2.45, 2.75) is 20.0 Å². The second-order valence-corrected chi connectivity index (χ2v) is 3.90. The van der Waals surface area contributed by atoms with Gasteiger partial charge in [0.2, 0.25) is 0 Å². The van der Waals surface area contributed by atoms with Crippen LogP contribution in [-0.4, -0.2) is 12.9 Å². The maximum Gasteiger partial charge on any atom is 0.189 e. The average molecular weight is 235 g/mol. The largest absolute Gasteiger partial charge is 0.466 e. The van der Waals surface area contributed by atoms with Crippen LogP contribution in [0.3, 0.4) is 0 Å². The molecule has 4 heteroatoms. The van der Waals surface area contributed by atoms with Crippen LogP contribution in [0.5, 0.6) is 5.75 Å². The van der Waals surface area contributed by atoms with Gasteiger partial charge in [-0.25, -0.2) is 0 Å². The summed E-state index contributed by atoms with van der Waals surface area (Å²) < 4.78 is 10.5. The van der Waals surface area contributed by atoms with Crippen LogP contribution in [0.2, 0.25) is 10.0 Å². The summed E-state index contributed by atoms with van der Waals surface area (Å²) in [5.41, 5.74) is 0. The Hall–Kier alpha value is -0.440. The van der Waals surface area contributed by atoms with E-state index >= 15 is 0 Å². The number of ether oxygens (including phenoxy) is 2. The first-order chi connectivity index (χ1) is 6.59. The lowest BCUT2D eigenvalue weighted by molar-refractivity contribution is -0.0199. The zero-order chi connectivity index (χ0) is 10.6. The summed E-state index contributed by atoms with van der Waals surface area (Å²) in [5, 5.41) is 1.08. The molecule has 0 atom stereocenters. The van der Waals surface area contributed by atoms with Crippen LogP contribution in [0, 0.1) is 0 Å². The van der Waals surface area contributed by atoms with Crippen molar-refractivity contribution in [3.05, 3.63) is 28.2 Å². The number of benzene rings is 1. The number of hydrogen-bond acceptors (Lipinski definition) is 2. The van der Waals surface area contributed by atoms with Gasteiger partial charge in [0.25, 0.3) is 0 Å². The van der Waals surface area contributed by atoms with E-state index in [1.165, 1.54) is 0 Å². The molecule has 0 aliphatic rings. The third kappa shape index (κ3) is 3.74. The Labute approximate surface area is 93.7 Å². The summed E-state index contributed by atoms with van der Waals surface area (Å²) in [6.45, 7) is 4.07. The first-order valence-corrected chi connectivity index (χ1v) is 5.04. The monoisotopic (exact) mass is 234 g/mol. The van der Waals surface area contributed by atoms with Crippen molar-refractivity contribution in [1.82, 2.24) is 0 Å². The lowest BCUT2D eigenvalue weighted by Gasteiger charge is -2.10. The molecule has 14 heavy (non-hydrogen) atoms. The fourth-order valence-corrected chi connectivity index (χ4v) is 1.29. The number of halogens is 2. The minimum atomic E-state index is 0.140. The summed E-state index contributed by atoms with van der Waals surface area (Å²) in [5.74, 6) is 0.580. The highest BCUT2D eigenvalue weighted by molar-refractivity contribution is 6.35. The first kappa shape index (κ1) is 11.6. The standard InChI is InChI=1S/C10H12Cl2O2/c1-7(2)13-6-14-10-4-3-8(11)5-9(10)12/h3-5,7H,6H2,1-2H3. The SMILES string of the molecule is CC(C)OCOc1ccc(Cl)cc1Cl. The summed E-state index contributed by atoms with van der Waals surface area (Å²) >= 11 is 11.6. The molecule has 0 radical (unpaired) electrons. The molecule has 2 nitrogen and oxygen atoms in total. The molecule has 0 aromatic heterocycles. The van der Waals surface area contributed by atoms with E-state index in [1.54, 1.807) is 18.2 Å². The van der Waals surface area contributed by atoms with Gasteiger partial charge in [-0.05, 0) is 32.0 Å². The maximum atomic E-state index is 5.88. The van der Waals surface area contributed by atoms with Gasteiger partial charge in [-0.3, -0.25) is 0 Å². The van der Waals surface area contributed by atoms with E-state index < -0.39 is 0 Å². The van der Waals surface area contributed by atoms with E-state index in [2.05, 4.69) is 0 Å². The predicted octanol–water partition coefficient (Wildman–Crippen LogP) is 3.75. The zero-order valence-corrected chi connectivity index (χ0v) is 9.60. The van der Waals surface area contributed by atoms with Crippen molar-refractivity contribution in [2.75, 3.05) is 6.79 Å². The van der Waals surface area contributed by atoms with Crippen LogP contribution < -0.4 is 4.74 Å². The van der Waals surface area contributed by atoms with Gasteiger partial charge in [-0.2, -0.15) is 0 Å². The van der Waals surface area contributed by atoms with Gasteiger partial charge in [0.05, 0.1) is 11.1 Å². The van der Waals surface area contributed by atoms with Crippen molar-refractivity contribution >= 4 is 23.2 Å². The molecule has 0 heterocycles. The molecule has 0 aliphatic carbocycles. The molecule has 0 saturated carbocycles. The molecule has 0 amide bonds. The molecule has 1 rings (SSSR count). The van der Waals surface area contributed by atoms with Crippen LogP contribution in [0.15, 0.2) is 18.2 Å². The highest BCUT2D eigenvalue weighted by Gasteiger charge is 2.02. The molecule has 0 N–H and O–H groups in total. The van der Waals surface area contributed by atoms with Crippen LogP contribution >= 0.6 is 23.2 Å². The molecule has 0 saturated heterocycles. The van der Waals surface area contributed by atoms with Gasteiger partial charge in [0, 0.05) is 5.02 Å². The molecule has 0 fully saturated rings. The summed E-state index contributed by atoms with van der Waals surface area (Å²) in [6.07, 6.45) is 0.140. The van der Waals surface area contributed by atoms with Gasteiger partial charge in [0.1, 0.15) is 5.75 Å². The van der Waals surface area contributed by atoms with Crippen molar-refractivity contribution < 1.29 is 9.47 Å². The lowest BCUT2D eigenvalue weighted by atomic mass is 10.3. The second-order valence-electron chi connectivity index (χ2n) is 3.05. The fraction of sp³-hybridized carbons (Fsp3) is 0.400. The van der Waals surface area contributed by atoms with E-state index in [0.717, 1.165) is 0 Å². The highest BCUT2D eigenvalue weighted by Crippen LogP contribution is 2.27. The average Bonchev–Trinajstić information content (AvgIpc) is 2.08. The molecule has 0 unspecified atom stereocenters. The first-order valence-electron chi connectivity index (χ1n) is 4.29. The van der Waals surface area contributed by atoms with Gasteiger partial charge >= 0.3 is 0 Å². The molecule has 0 aliphatic heterocycles. The normalized spacial score (nSPS) is 10.6. The van der Waals surface area contributed by atoms with Gasteiger partial charge in [-0.1, -0.05) is 23.2 Å². The third-order valence-corrected chi connectivity index (χ3v) is 2.04. The van der Waals surface area contributed by atoms with Crippen molar-refractivity contribution in [2.24, 2.45) is 0 Å². The Morgan fingerprint density at radius 2 is 2.00 bits per heavy atom. The minimum Gasteiger partial charge on any atom is -0.466 e. The molecular formula is C10H12Cl2O2. The van der Waals surface area contributed by atoms with Crippen LogP contribution in [0.25, 0.3) is 0 Å². The highest BCUT2D eigenvalue weighted by atomic mass is 35.5. The van der Waals surface area contributed by atoms with Gasteiger partial charge in [-0.15, -0.1) is 0 Å². The van der Waals surface area contributed by atoms with E-state index in [9.17, 15) is 0 Å². The smallest absolute Gasteiger partial charge is 0.189 e. The van der Waals surface area contributed by atoms with E-state index in [1.807, 2.05) is 13.8 Å². The topological polar surface area (TPSA) is 18.5 Å². The second kappa shape index (κ2) is 5.44.